The Morgan fingerprint density at radius 1 is 0.895 bits per heavy atom. The Labute approximate surface area is 120 Å². The molecule has 2 aromatic rings. The molecule has 0 unspecified atom stereocenters. The fraction of sp³-hybridized carbons (Fsp3) is 0.294. The van der Waals surface area contributed by atoms with Crippen LogP contribution in [-0.4, -0.2) is 0 Å². The molecule has 2 N–H and O–H groups in total. The van der Waals surface area contributed by atoms with E-state index in [-0.39, 0.29) is 0 Å². The van der Waals surface area contributed by atoms with Crippen molar-refractivity contribution >= 4 is 11.8 Å². The van der Waals surface area contributed by atoms with E-state index in [1.54, 1.807) is 0 Å². The smallest absolute Gasteiger partial charge is 0.0231 e. The van der Waals surface area contributed by atoms with Crippen LogP contribution in [-0.2, 0) is 12.3 Å². The van der Waals surface area contributed by atoms with Crippen molar-refractivity contribution in [2.24, 2.45) is 5.73 Å². The van der Waals surface area contributed by atoms with E-state index in [9.17, 15) is 0 Å². The third kappa shape index (κ3) is 4.12. The van der Waals surface area contributed by atoms with Gasteiger partial charge in [-0.3, -0.25) is 0 Å². The van der Waals surface area contributed by atoms with Crippen molar-refractivity contribution in [3.63, 3.8) is 0 Å². The lowest BCUT2D eigenvalue weighted by Gasteiger charge is -2.07. The van der Waals surface area contributed by atoms with Crippen LogP contribution < -0.4 is 5.73 Å². The van der Waals surface area contributed by atoms with Crippen LogP contribution in [0, 0.1) is 0 Å². The number of nitrogens with two attached hydrogens (primary N) is 1. The molecule has 0 amide bonds. The molecule has 0 radical (unpaired) electrons. The highest BCUT2D eigenvalue weighted by atomic mass is 32.2. The predicted molar refractivity (Wildman–Crippen MR) is 84.4 cm³/mol. The van der Waals surface area contributed by atoms with Crippen LogP contribution in [0.1, 0.15) is 36.5 Å². The van der Waals surface area contributed by atoms with Crippen molar-refractivity contribution < 1.29 is 0 Å². The molecular weight excluding hydrogens is 250 g/mol. The van der Waals surface area contributed by atoms with Crippen LogP contribution in [0.3, 0.4) is 0 Å². The Balaban J connectivity index is 1.94. The zero-order valence-corrected chi connectivity index (χ0v) is 12.4. The van der Waals surface area contributed by atoms with Gasteiger partial charge < -0.3 is 5.73 Å². The molecule has 100 valence electrons. The first-order valence-electron chi connectivity index (χ1n) is 6.69. The molecule has 2 rings (SSSR count). The van der Waals surface area contributed by atoms with E-state index >= 15 is 0 Å². The van der Waals surface area contributed by atoms with E-state index in [2.05, 4.69) is 62.4 Å². The molecule has 19 heavy (non-hydrogen) atoms. The average molecular weight is 271 g/mol. The van der Waals surface area contributed by atoms with Gasteiger partial charge in [0.2, 0.25) is 0 Å². The highest BCUT2D eigenvalue weighted by molar-refractivity contribution is 7.98. The average Bonchev–Trinajstić information content (AvgIpc) is 2.46. The van der Waals surface area contributed by atoms with Crippen molar-refractivity contribution in [1.29, 1.82) is 0 Å². The molecule has 0 saturated carbocycles. The summed E-state index contributed by atoms with van der Waals surface area (Å²) < 4.78 is 0. The molecule has 0 fully saturated rings. The van der Waals surface area contributed by atoms with Crippen LogP contribution in [0.4, 0.5) is 0 Å². The summed E-state index contributed by atoms with van der Waals surface area (Å²) in [7, 11) is 0. The van der Waals surface area contributed by atoms with Crippen molar-refractivity contribution in [3.8, 4) is 0 Å². The van der Waals surface area contributed by atoms with E-state index in [0.717, 1.165) is 5.75 Å². The van der Waals surface area contributed by atoms with Gasteiger partial charge in [0.1, 0.15) is 0 Å². The maximum Gasteiger partial charge on any atom is 0.0231 e. The number of thioether (sulfide) groups is 1. The summed E-state index contributed by atoms with van der Waals surface area (Å²) in [5.41, 5.74) is 9.56. The predicted octanol–water partition coefficient (Wildman–Crippen LogP) is 4.56. The third-order valence-corrected chi connectivity index (χ3v) is 4.29. The van der Waals surface area contributed by atoms with Gasteiger partial charge in [-0.15, -0.1) is 11.8 Å². The number of rotatable bonds is 5. The van der Waals surface area contributed by atoms with Crippen molar-refractivity contribution in [2.75, 3.05) is 0 Å². The highest BCUT2D eigenvalue weighted by Crippen LogP contribution is 2.24. The first kappa shape index (κ1) is 14.2. The fourth-order valence-electron chi connectivity index (χ4n) is 1.89. The van der Waals surface area contributed by atoms with E-state index in [1.165, 1.54) is 21.6 Å². The van der Waals surface area contributed by atoms with E-state index < -0.39 is 0 Å². The van der Waals surface area contributed by atoms with Crippen LogP contribution in [0.2, 0.25) is 0 Å². The Bertz CT molecular complexity index is 500. The molecule has 0 saturated heterocycles. The molecule has 2 aromatic carbocycles. The molecule has 0 spiro atoms. The van der Waals surface area contributed by atoms with Gasteiger partial charge in [-0.1, -0.05) is 50.2 Å². The van der Waals surface area contributed by atoms with Gasteiger partial charge in [0, 0.05) is 17.2 Å². The van der Waals surface area contributed by atoms with Crippen LogP contribution in [0.5, 0.6) is 0 Å². The second-order valence-electron chi connectivity index (χ2n) is 5.03. The molecule has 0 aliphatic carbocycles. The summed E-state index contributed by atoms with van der Waals surface area (Å²) >= 11 is 1.87. The molecule has 0 aliphatic heterocycles. The van der Waals surface area contributed by atoms with Crippen LogP contribution >= 0.6 is 11.8 Å². The van der Waals surface area contributed by atoms with Crippen LogP contribution in [0.25, 0.3) is 0 Å². The molecule has 1 nitrogen and oxygen atoms in total. The van der Waals surface area contributed by atoms with Gasteiger partial charge >= 0.3 is 0 Å². The number of benzene rings is 2. The maximum absolute atomic E-state index is 5.60. The van der Waals surface area contributed by atoms with Gasteiger partial charge in [-0.05, 0) is 34.7 Å². The second kappa shape index (κ2) is 6.78. The fourth-order valence-corrected chi connectivity index (χ4v) is 2.74. The number of hydrogen-bond acceptors (Lipinski definition) is 2. The lowest BCUT2D eigenvalue weighted by atomic mass is 10.0. The summed E-state index contributed by atoms with van der Waals surface area (Å²) in [6.07, 6.45) is 0. The van der Waals surface area contributed by atoms with E-state index in [0.29, 0.717) is 12.5 Å². The molecule has 0 heterocycles. The maximum atomic E-state index is 5.60. The van der Waals surface area contributed by atoms with Gasteiger partial charge in [0.05, 0.1) is 0 Å². The minimum absolute atomic E-state index is 0.602. The summed E-state index contributed by atoms with van der Waals surface area (Å²) in [5, 5.41) is 0. The van der Waals surface area contributed by atoms with E-state index in [4.69, 9.17) is 5.73 Å². The summed E-state index contributed by atoms with van der Waals surface area (Å²) in [4.78, 5) is 1.30. The minimum Gasteiger partial charge on any atom is -0.326 e. The quantitative estimate of drug-likeness (QED) is 0.807. The monoisotopic (exact) mass is 271 g/mol. The lowest BCUT2D eigenvalue weighted by Crippen LogP contribution is -1.94. The first-order valence-corrected chi connectivity index (χ1v) is 7.68. The second-order valence-corrected chi connectivity index (χ2v) is 6.08. The van der Waals surface area contributed by atoms with Crippen molar-refractivity contribution in [1.82, 2.24) is 0 Å². The Morgan fingerprint density at radius 3 is 2.00 bits per heavy atom. The molecule has 0 atom stereocenters. The minimum atomic E-state index is 0.602. The first-order chi connectivity index (χ1) is 9.19. The SMILES string of the molecule is CC(C)c1ccc(CSc2ccc(CN)cc2)cc1. The van der Waals surface area contributed by atoms with Gasteiger partial charge in [-0.2, -0.15) is 0 Å². The van der Waals surface area contributed by atoms with Crippen molar-refractivity contribution in [2.45, 2.75) is 37.0 Å². The lowest BCUT2D eigenvalue weighted by molar-refractivity contribution is 0.866. The zero-order chi connectivity index (χ0) is 13.7. The third-order valence-electron chi connectivity index (χ3n) is 3.21. The molecule has 0 bridgehead atoms. The molecule has 2 heteroatoms. The molecule has 0 aliphatic rings. The molecule has 0 aromatic heterocycles. The summed E-state index contributed by atoms with van der Waals surface area (Å²) in [6.45, 7) is 5.06. The normalized spacial score (nSPS) is 10.9. The van der Waals surface area contributed by atoms with Gasteiger partial charge in [0.15, 0.2) is 0 Å². The van der Waals surface area contributed by atoms with Gasteiger partial charge in [-0.25, -0.2) is 0 Å². The highest BCUT2D eigenvalue weighted by Gasteiger charge is 2.00. The van der Waals surface area contributed by atoms with Crippen LogP contribution in [0.15, 0.2) is 53.4 Å². The largest absolute Gasteiger partial charge is 0.326 e. The Morgan fingerprint density at radius 2 is 1.47 bits per heavy atom. The topological polar surface area (TPSA) is 26.0 Å². The van der Waals surface area contributed by atoms with Crippen molar-refractivity contribution in [3.05, 3.63) is 65.2 Å². The Hall–Kier alpha value is -1.25. The van der Waals surface area contributed by atoms with E-state index in [1.807, 2.05) is 11.8 Å². The summed E-state index contributed by atoms with van der Waals surface area (Å²) in [6, 6.07) is 17.4. The Kier molecular flexibility index (Phi) is 5.06. The zero-order valence-electron chi connectivity index (χ0n) is 11.6. The molecular formula is C17H21NS. The number of hydrogen-bond donors (Lipinski definition) is 1. The van der Waals surface area contributed by atoms with Gasteiger partial charge in [0.25, 0.3) is 0 Å². The summed E-state index contributed by atoms with van der Waals surface area (Å²) in [5.74, 6) is 1.62. The standard InChI is InChI=1S/C17H21NS/c1-13(2)16-7-3-15(4-8-16)12-19-17-9-5-14(11-18)6-10-17/h3-10,13H,11-12,18H2,1-2H3.